The van der Waals surface area contributed by atoms with Crippen molar-refractivity contribution in [3.8, 4) is 0 Å². The summed E-state index contributed by atoms with van der Waals surface area (Å²) >= 11 is 0. The highest BCUT2D eigenvalue weighted by Crippen LogP contribution is 2.34. The number of halogens is 1. The topological polar surface area (TPSA) is 34.4 Å². The van der Waals surface area contributed by atoms with Crippen molar-refractivity contribution in [3.05, 3.63) is 35.8 Å². The van der Waals surface area contributed by atoms with E-state index in [1.165, 1.54) is 6.07 Å². The summed E-state index contributed by atoms with van der Waals surface area (Å²) in [6.07, 6.45) is 2.02. The number of fused-ring (bicyclic) bond motifs is 1. The van der Waals surface area contributed by atoms with E-state index in [1.807, 2.05) is 12.1 Å². The van der Waals surface area contributed by atoms with E-state index in [0.717, 1.165) is 43.7 Å². The van der Waals surface area contributed by atoms with Crippen molar-refractivity contribution in [1.29, 1.82) is 0 Å². The number of benzene rings is 1. The molecule has 1 aromatic carbocycles. The van der Waals surface area contributed by atoms with Gasteiger partial charge in [-0.3, -0.25) is 0 Å². The van der Waals surface area contributed by atoms with Gasteiger partial charge in [-0.15, -0.1) is 0 Å². The van der Waals surface area contributed by atoms with Crippen molar-refractivity contribution in [2.45, 2.75) is 25.8 Å². The second kappa shape index (κ2) is 5.94. The highest BCUT2D eigenvalue weighted by molar-refractivity contribution is 5.78. The average molecular weight is 277 g/mol. The first-order chi connectivity index (χ1) is 9.79. The van der Waals surface area contributed by atoms with Gasteiger partial charge in [-0.25, -0.2) is 4.39 Å². The number of nitrogens with one attached hydrogen (secondary N) is 1. The van der Waals surface area contributed by atoms with Crippen LogP contribution in [0.25, 0.3) is 11.0 Å². The first kappa shape index (κ1) is 13.6. The molecule has 108 valence electrons. The van der Waals surface area contributed by atoms with Gasteiger partial charge in [-0.05, 0) is 37.4 Å². The largest absolute Gasteiger partial charge is 0.456 e. The Balaban J connectivity index is 1.93. The molecule has 1 aliphatic rings. The Morgan fingerprint density at radius 2 is 2.15 bits per heavy atom. The third kappa shape index (κ3) is 2.58. The van der Waals surface area contributed by atoms with Crippen molar-refractivity contribution < 1.29 is 13.5 Å². The molecule has 1 aliphatic heterocycles. The summed E-state index contributed by atoms with van der Waals surface area (Å²) < 4.78 is 25.0. The molecule has 4 heteroatoms. The SMILES string of the molecule is CCNC(c1cc2cccc(F)c2o1)C1CCOCC1. The molecule has 2 aromatic rings. The normalized spacial score (nSPS) is 18.5. The van der Waals surface area contributed by atoms with Crippen molar-refractivity contribution >= 4 is 11.0 Å². The number of para-hydroxylation sites is 1. The molecular weight excluding hydrogens is 257 g/mol. The van der Waals surface area contributed by atoms with E-state index in [0.29, 0.717) is 11.5 Å². The zero-order valence-electron chi connectivity index (χ0n) is 11.7. The lowest BCUT2D eigenvalue weighted by Gasteiger charge is -2.29. The summed E-state index contributed by atoms with van der Waals surface area (Å²) in [6.45, 7) is 4.53. The fraction of sp³-hybridized carbons (Fsp3) is 0.500. The average Bonchev–Trinajstić information content (AvgIpc) is 2.91. The Kier molecular flexibility index (Phi) is 4.03. The molecule has 1 N–H and O–H groups in total. The van der Waals surface area contributed by atoms with Gasteiger partial charge in [0, 0.05) is 18.6 Å². The summed E-state index contributed by atoms with van der Waals surface area (Å²) in [6, 6.07) is 7.13. The van der Waals surface area contributed by atoms with E-state index < -0.39 is 0 Å². The van der Waals surface area contributed by atoms with E-state index in [4.69, 9.17) is 9.15 Å². The maximum Gasteiger partial charge on any atom is 0.169 e. The second-order valence-electron chi connectivity index (χ2n) is 5.29. The molecule has 20 heavy (non-hydrogen) atoms. The Labute approximate surface area is 118 Å². The number of furan rings is 1. The zero-order chi connectivity index (χ0) is 13.9. The van der Waals surface area contributed by atoms with Crippen LogP contribution in [0, 0.1) is 11.7 Å². The monoisotopic (exact) mass is 277 g/mol. The van der Waals surface area contributed by atoms with Crippen LogP contribution in [0.15, 0.2) is 28.7 Å². The lowest BCUT2D eigenvalue weighted by atomic mass is 9.90. The minimum atomic E-state index is -0.295. The first-order valence-electron chi connectivity index (χ1n) is 7.28. The Morgan fingerprint density at radius 1 is 1.35 bits per heavy atom. The molecule has 3 rings (SSSR count). The molecule has 1 fully saturated rings. The molecule has 2 heterocycles. The summed E-state index contributed by atoms with van der Waals surface area (Å²) in [5.41, 5.74) is 0.359. The molecule has 0 aliphatic carbocycles. The molecule has 1 aromatic heterocycles. The Bertz CT molecular complexity index is 575. The molecular formula is C16H20FNO2. The van der Waals surface area contributed by atoms with Gasteiger partial charge >= 0.3 is 0 Å². The van der Waals surface area contributed by atoms with Gasteiger partial charge in [-0.1, -0.05) is 19.1 Å². The van der Waals surface area contributed by atoms with Crippen LogP contribution in [0.5, 0.6) is 0 Å². The zero-order valence-corrected chi connectivity index (χ0v) is 11.7. The molecule has 1 unspecified atom stereocenters. The predicted molar refractivity (Wildman–Crippen MR) is 76.1 cm³/mol. The number of hydrogen-bond acceptors (Lipinski definition) is 3. The van der Waals surface area contributed by atoms with Crippen LogP contribution in [0.1, 0.15) is 31.6 Å². The highest BCUT2D eigenvalue weighted by Gasteiger charge is 2.27. The van der Waals surface area contributed by atoms with Crippen molar-refractivity contribution in [1.82, 2.24) is 5.32 Å². The molecule has 3 nitrogen and oxygen atoms in total. The van der Waals surface area contributed by atoms with Crippen molar-refractivity contribution in [2.24, 2.45) is 5.92 Å². The van der Waals surface area contributed by atoms with Gasteiger partial charge in [0.15, 0.2) is 11.4 Å². The third-order valence-corrected chi connectivity index (χ3v) is 3.98. The van der Waals surface area contributed by atoms with Crippen LogP contribution >= 0.6 is 0 Å². The first-order valence-corrected chi connectivity index (χ1v) is 7.28. The summed E-state index contributed by atoms with van der Waals surface area (Å²) in [4.78, 5) is 0. The van der Waals surface area contributed by atoms with Gasteiger partial charge in [0.2, 0.25) is 0 Å². The molecule has 0 spiro atoms. The van der Waals surface area contributed by atoms with Crippen LogP contribution in [0.3, 0.4) is 0 Å². The fourth-order valence-electron chi connectivity index (χ4n) is 2.97. The van der Waals surface area contributed by atoms with Crippen LogP contribution in [0.2, 0.25) is 0 Å². The van der Waals surface area contributed by atoms with Gasteiger partial charge in [-0.2, -0.15) is 0 Å². The minimum Gasteiger partial charge on any atom is -0.456 e. The van der Waals surface area contributed by atoms with Gasteiger partial charge in [0.1, 0.15) is 5.76 Å². The van der Waals surface area contributed by atoms with Crippen molar-refractivity contribution in [3.63, 3.8) is 0 Å². The van der Waals surface area contributed by atoms with Crippen molar-refractivity contribution in [2.75, 3.05) is 19.8 Å². The second-order valence-corrected chi connectivity index (χ2v) is 5.29. The number of ether oxygens (including phenoxy) is 1. The summed E-state index contributed by atoms with van der Waals surface area (Å²) in [5.74, 6) is 1.02. The number of rotatable bonds is 4. The quantitative estimate of drug-likeness (QED) is 0.926. The molecule has 1 saturated heterocycles. The van der Waals surface area contributed by atoms with E-state index >= 15 is 0 Å². The van der Waals surface area contributed by atoms with Crippen LogP contribution in [-0.2, 0) is 4.74 Å². The molecule has 0 bridgehead atoms. The fourth-order valence-corrected chi connectivity index (χ4v) is 2.97. The standard InChI is InChI=1S/C16H20FNO2/c1-2-18-15(11-6-8-19-9-7-11)14-10-12-4-3-5-13(17)16(12)20-14/h3-5,10-11,15,18H,2,6-9H2,1H3. The van der Waals surface area contributed by atoms with Gasteiger partial charge in [0.05, 0.1) is 6.04 Å². The van der Waals surface area contributed by atoms with Gasteiger partial charge < -0.3 is 14.5 Å². The predicted octanol–water partition coefficient (Wildman–Crippen LogP) is 3.65. The third-order valence-electron chi connectivity index (χ3n) is 3.98. The molecule has 0 radical (unpaired) electrons. The van der Waals surface area contributed by atoms with E-state index in [1.54, 1.807) is 6.07 Å². The summed E-state index contributed by atoms with van der Waals surface area (Å²) in [5, 5.41) is 4.31. The Morgan fingerprint density at radius 3 is 2.85 bits per heavy atom. The number of hydrogen-bond donors (Lipinski definition) is 1. The van der Waals surface area contributed by atoms with Gasteiger partial charge in [0.25, 0.3) is 0 Å². The van der Waals surface area contributed by atoms with Crippen LogP contribution in [-0.4, -0.2) is 19.8 Å². The lowest BCUT2D eigenvalue weighted by molar-refractivity contribution is 0.0511. The smallest absolute Gasteiger partial charge is 0.169 e. The maximum absolute atomic E-state index is 13.8. The van der Waals surface area contributed by atoms with E-state index in [-0.39, 0.29) is 11.9 Å². The molecule has 1 atom stereocenters. The molecule has 0 amide bonds. The molecule has 0 saturated carbocycles. The Hall–Kier alpha value is -1.39. The van der Waals surface area contributed by atoms with Crippen LogP contribution in [0.4, 0.5) is 4.39 Å². The van der Waals surface area contributed by atoms with E-state index in [2.05, 4.69) is 12.2 Å². The van der Waals surface area contributed by atoms with Crippen LogP contribution < -0.4 is 5.32 Å². The lowest BCUT2D eigenvalue weighted by Crippen LogP contribution is -2.31. The highest BCUT2D eigenvalue weighted by atomic mass is 19.1. The minimum absolute atomic E-state index is 0.135. The maximum atomic E-state index is 13.8. The summed E-state index contributed by atoms with van der Waals surface area (Å²) in [7, 11) is 0. The van der Waals surface area contributed by atoms with E-state index in [9.17, 15) is 4.39 Å².